The maximum absolute atomic E-state index is 11.0. The van der Waals surface area contributed by atoms with Crippen molar-refractivity contribution in [2.45, 2.75) is 31.7 Å². The van der Waals surface area contributed by atoms with Crippen molar-refractivity contribution in [3.05, 3.63) is 0 Å². The summed E-state index contributed by atoms with van der Waals surface area (Å²) in [7, 11) is -2.81. The standard InChI is InChI=1S/C10H22N2O2S/c1-15(13,14)8-4-7-12-6-3-2-5-10(12)9-11/h10H,2-9,11H2,1H3. The van der Waals surface area contributed by atoms with Crippen LogP contribution in [0.25, 0.3) is 0 Å². The van der Waals surface area contributed by atoms with E-state index >= 15 is 0 Å². The van der Waals surface area contributed by atoms with Crippen LogP contribution in [0, 0.1) is 0 Å². The van der Waals surface area contributed by atoms with Gasteiger partial charge in [-0.3, -0.25) is 4.90 Å². The van der Waals surface area contributed by atoms with E-state index in [2.05, 4.69) is 4.90 Å². The molecule has 0 spiro atoms. The van der Waals surface area contributed by atoms with Gasteiger partial charge in [0.05, 0.1) is 5.75 Å². The van der Waals surface area contributed by atoms with Gasteiger partial charge < -0.3 is 5.73 Å². The molecule has 1 aliphatic heterocycles. The highest BCUT2D eigenvalue weighted by molar-refractivity contribution is 7.90. The second kappa shape index (κ2) is 5.82. The van der Waals surface area contributed by atoms with E-state index in [0.717, 1.165) is 25.9 Å². The Morgan fingerprint density at radius 3 is 2.73 bits per heavy atom. The number of likely N-dealkylation sites (tertiary alicyclic amines) is 1. The molecule has 1 unspecified atom stereocenters. The molecule has 15 heavy (non-hydrogen) atoms. The molecule has 1 aliphatic rings. The van der Waals surface area contributed by atoms with Gasteiger partial charge in [-0.25, -0.2) is 8.42 Å². The Kier molecular flexibility index (Phi) is 5.02. The topological polar surface area (TPSA) is 63.4 Å². The summed E-state index contributed by atoms with van der Waals surface area (Å²) < 4.78 is 22.0. The molecule has 0 bridgehead atoms. The van der Waals surface area contributed by atoms with Gasteiger partial charge in [0.1, 0.15) is 9.84 Å². The zero-order chi connectivity index (χ0) is 11.3. The zero-order valence-electron chi connectivity index (χ0n) is 9.48. The van der Waals surface area contributed by atoms with Gasteiger partial charge in [-0.2, -0.15) is 0 Å². The molecular formula is C10H22N2O2S. The first kappa shape index (κ1) is 12.9. The van der Waals surface area contributed by atoms with Gasteiger partial charge in [0.15, 0.2) is 0 Å². The van der Waals surface area contributed by atoms with Crippen molar-refractivity contribution in [2.75, 3.05) is 31.6 Å². The van der Waals surface area contributed by atoms with Crippen LogP contribution in [0.15, 0.2) is 0 Å². The molecule has 1 saturated heterocycles. The average Bonchev–Trinajstić information content (AvgIpc) is 2.16. The number of rotatable bonds is 5. The number of sulfone groups is 1. The molecule has 1 heterocycles. The maximum atomic E-state index is 11.0. The molecule has 5 heteroatoms. The van der Waals surface area contributed by atoms with Crippen molar-refractivity contribution in [1.29, 1.82) is 0 Å². The minimum absolute atomic E-state index is 0.292. The van der Waals surface area contributed by atoms with Crippen molar-refractivity contribution in [2.24, 2.45) is 5.73 Å². The van der Waals surface area contributed by atoms with Crippen molar-refractivity contribution < 1.29 is 8.42 Å². The quantitative estimate of drug-likeness (QED) is 0.740. The second-order valence-corrected chi connectivity index (χ2v) is 6.66. The number of nitrogens with two attached hydrogens (primary N) is 1. The molecule has 1 rings (SSSR count). The molecule has 1 fully saturated rings. The van der Waals surface area contributed by atoms with E-state index in [-0.39, 0.29) is 0 Å². The molecule has 2 N–H and O–H groups in total. The molecule has 0 aromatic heterocycles. The largest absolute Gasteiger partial charge is 0.329 e. The lowest BCUT2D eigenvalue weighted by Crippen LogP contribution is -2.44. The summed E-state index contributed by atoms with van der Waals surface area (Å²) >= 11 is 0. The van der Waals surface area contributed by atoms with Crippen LogP contribution < -0.4 is 5.73 Å². The van der Waals surface area contributed by atoms with Crippen molar-refractivity contribution in [1.82, 2.24) is 4.90 Å². The predicted octanol–water partition coefficient (Wildman–Crippen LogP) is 0.234. The van der Waals surface area contributed by atoms with Crippen LogP contribution in [0.2, 0.25) is 0 Å². The van der Waals surface area contributed by atoms with Crippen LogP contribution in [0.4, 0.5) is 0 Å². The Bertz CT molecular complexity index is 277. The molecule has 90 valence electrons. The van der Waals surface area contributed by atoms with Crippen molar-refractivity contribution in [3.63, 3.8) is 0 Å². The minimum atomic E-state index is -2.81. The zero-order valence-corrected chi connectivity index (χ0v) is 10.3. The third-order valence-electron chi connectivity index (χ3n) is 2.98. The molecule has 0 aromatic rings. The summed E-state index contributed by atoms with van der Waals surface area (Å²) in [6, 6.07) is 0.471. The fourth-order valence-corrected chi connectivity index (χ4v) is 2.80. The Labute approximate surface area is 92.7 Å². The first-order valence-electron chi connectivity index (χ1n) is 5.65. The number of hydrogen-bond donors (Lipinski definition) is 1. The van der Waals surface area contributed by atoms with E-state index in [9.17, 15) is 8.42 Å². The smallest absolute Gasteiger partial charge is 0.147 e. The Hall–Kier alpha value is -0.130. The SMILES string of the molecule is CS(=O)(=O)CCCN1CCCCC1CN. The van der Waals surface area contributed by atoms with Crippen LogP contribution in [0.1, 0.15) is 25.7 Å². The van der Waals surface area contributed by atoms with E-state index < -0.39 is 9.84 Å². The van der Waals surface area contributed by atoms with Gasteiger partial charge in [-0.1, -0.05) is 6.42 Å². The lowest BCUT2D eigenvalue weighted by Gasteiger charge is -2.34. The van der Waals surface area contributed by atoms with Gasteiger partial charge in [-0.05, 0) is 32.4 Å². The summed E-state index contributed by atoms with van der Waals surface area (Å²) in [4.78, 5) is 2.34. The first-order chi connectivity index (χ1) is 7.03. The Balaban J connectivity index is 2.29. The third-order valence-corrected chi connectivity index (χ3v) is 4.01. The lowest BCUT2D eigenvalue weighted by molar-refractivity contribution is 0.153. The van der Waals surface area contributed by atoms with Gasteiger partial charge in [0.25, 0.3) is 0 Å². The first-order valence-corrected chi connectivity index (χ1v) is 7.71. The van der Waals surface area contributed by atoms with Crippen LogP contribution in [0.3, 0.4) is 0 Å². The van der Waals surface area contributed by atoms with Crippen LogP contribution in [0.5, 0.6) is 0 Å². The predicted molar refractivity (Wildman–Crippen MR) is 62.6 cm³/mol. The minimum Gasteiger partial charge on any atom is -0.329 e. The van der Waals surface area contributed by atoms with Crippen LogP contribution in [-0.2, 0) is 9.84 Å². The number of hydrogen-bond acceptors (Lipinski definition) is 4. The molecule has 0 aliphatic carbocycles. The van der Waals surface area contributed by atoms with E-state index in [4.69, 9.17) is 5.73 Å². The van der Waals surface area contributed by atoms with E-state index in [1.54, 1.807) is 0 Å². The summed E-state index contributed by atoms with van der Waals surface area (Å²) in [6.07, 6.45) is 5.66. The molecule has 4 nitrogen and oxygen atoms in total. The normalized spacial score (nSPS) is 24.3. The van der Waals surface area contributed by atoms with E-state index in [1.165, 1.54) is 19.1 Å². The van der Waals surface area contributed by atoms with Gasteiger partial charge in [0, 0.05) is 18.8 Å². The fraction of sp³-hybridized carbons (Fsp3) is 1.00. The molecule has 0 saturated carbocycles. The molecule has 0 aromatic carbocycles. The van der Waals surface area contributed by atoms with Crippen LogP contribution >= 0.6 is 0 Å². The Morgan fingerprint density at radius 2 is 2.13 bits per heavy atom. The monoisotopic (exact) mass is 234 g/mol. The molecular weight excluding hydrogens is 212 g/mol. The van der Waals surface area contributed by atoms with Gasteiger partial charge >= 0.3 is 0 Å². The highest BCUT2D eigenvalue weighted by Gasteiger charge is 2.20. The highest BCUT2D eigenvalue weighted by Crippen LogP contribution is 2.16. The second-order valence-electron chi connectivity index (χ2n) is 4.40. The summed E-state index contributed by atoms with van der Waals surface area (Å²) in [5.41, 5.74) is 5.69. The molecule has 0 radical (unpaired) electrons. The summed E-state index contributed by atoms with van der Waals surface area (Å²) in [6.45, 7) is 2.64. The van der Waals surface area contributed by atoms with Gasteiger partial charge in [-0.15, -0.1) is 0 Å². The van der Waals surface area contributed by atoms with Crippen LogP contribution in [-0.4, -0.2) is 51.0 Å². The number of nitrogens with zero attached hydrogens (tertiary/aromatic N) is 1. The molecule has 0 amide bonds. The van der Waals surface area contributed by atoms with E-state index in [0.29, 0.717) is 18.3 Å². The van der Waals surface area contributed by atoms with Crippen molar-refractivity contribution >= 4 is 9.84 Å². The fourth-order valence-electron chi connectivity index (χ4n) is 2.15. The number of piperidine rings is 1. The Morgan fingerprint density at radius 1 is 1.40 bits per heavy atom. The molecule has 1 atom stereocenters. The lowest BCUT2D eigenvalue weighted by atomic mass is 10.0. The maximum Gasteiger partial charge on any atom is 0.147 e. The third kappa shape index (κ3) is 4.95. The van der Waals surface area contributed by atoms with Crippen molar-refractivity contribution in [3.8, 4) is 0 Å². The van der Waals surface area contributed by atoms with E-state index in [1.807, 2.05) is 0 Å². The summed E-state index contributed by atoms with van der Waals surface area (Å²) in [5.74, 6) is 0.292. The summed E-state index contributed by atoms with van der Waals surface area (Å²) in [5, 5.41) is 0. The van der Waals surface area contributed by atoms with Gasteiger partial charge in [0.2, 0.25) is 0 Å². The highest BCUT2D eigenvalue weighted by atomic mass is 32.2. The average molecular weight is 234 g/mol.